The molecule has 3 aromatic rings. The van der Waals surface area contributed by atoms with E-state index in [1.807, 2.05) is 43.1 Å². The summed E-state index contributed by atoms with van der Waals surface area (Å²) in [6.45, 7) is 0. The Morgan fingerprint density at radius 2 is 1.72 bits per heavy atom. The first-order valence-corrected chi connectivity index (χ1v) is 11.9. The zero-order valence-electron chi connectivity index (χ0n) is 20.9. The maximum absolute atomic E-state index is 13.5. The van der Waals surface area contributed by atoms with E-state index in [-0.39, 0.29) is 18.0 Å². The molecule has 0 atom stereocenters. The van der Waals surface area contributed by atoms with Crippen LogP contribution in [0.4, 0.5) is 24.5 Å². The Morgan fingerprint density at radius 3 is 2.36 bits per heavy atom. The maximum atomic E-state index is 13.5. The Balaban J connectivity index is 1.45. The first-order chi connectivity index (χ1) is 17.1. The van der Waals surface area contributed by atoms with E-state index in [4.69, 9.17) is 4.74 Å². The molecule has 9 heteroatoms. The SMILES string of the molecule is COc1cc(N(C)C)ccc1C(=O)N[C@H]1CC[C@@H](N(C)c2cc(C(F)(F)F)nc3ccccc23)CC1. The van der Waals surface area contributed by atoms with E-state index in [0.717, 1.165) is 37.4 Å². The average molecular weight is 501 g/mol. The third kappa shape index (κ3) is 5.34. The molecule has 2 aromatic carbocycles. The smallest absolute Gasteiger partial charge is 0.433 e. The molecule has 1 N–H and O–H groups in total. The number of anilines is 2. The molecule has 36 heavy (non-hydrogen) atoms. The second kappa shape index (κ2) is 10.2. The van der Waals surface area contributed by atoms with Crippen molar-refractivity contribution in [3.63, 3.8) is 0 Å². The van der Waals surface area contributed by atoms with Crippen LogP contribution in [0.2, 0.25) is 0 Å². The molecule has 4 rings (SSSR count). The number of aromatic nitrogens is 1. The monoisotopic (exact) mass is 500 g/mol. The maximum Gasteiger partial charge on any atom is 0.433 e. The fourth-order valence-corrected chi connectivity index (χ4v) is 4.81. The number of pyridine rings is 1. The van der Waals surface area contributed by atoms with Crippen molar-refractivity contribution in [3.8, 4) is 5.75 Å². The second-order valence-electron chi connectivity index (χ2n) is 9.41. The van der Waals surface area contributed by atoms with Crippen LogP contribution in [0.25, 0.3) is 10.9 Å². The number of nitrogens with one attached hydrogen (secondary N) is 1. The molecule has 1 fully saturated rings. The molecule has 0 bridgehead atoms. The molecule has 6 nitrogen and oxygen atoms in total. The molecule has 0 radical (unpaired) electrons. The number of rotatable bonds is 6. The fourth-order valence-electron chi connectivity index (χ4n) is 4.81. The summed E-state index contributed by atoms with van der Waals surface area (Å²) >= 11 is 0. The molecule has 1 saturated carbocycles. The lowest BCUT2D eigenvalue weighted by atomic mass is 9.89. The zero-order chi connectivity index (χ0) is 26.0. The standard InChI is InChI=1S/C27H31F3N4O2/c1-33(2)19-13-14-21(24(15-19)36-4)26(35)31-17-9-11-18(12-10-17)34(3)23-16-25(27(28,29)30)32-22-8-6-5-7-20(22)23/h5-8,13-18H,9-12H2,1-4H3,(H,31,35)/t17-,18+. The number of carbonyl (C=O) groups excluding carboxylic acids is 1. The van der Waals surface area contributed by atoms with Crippen LogP contribution >= 0.6 is 0 Å². The van der Waals surface area contributed by atoms with Gasteiger partial charge < -0.3 is 19.9 Å². The number of methoxy groups -OCH3 is 1. The first kappa shape index (κ1) is 25.6. The van der Waals surface area contributed by atoms with Crippen molar-refractivity contribution in [1.29, 1.82) is 0 Å². The van der Waals surface area contributed by atoms with Gasteiger partial charge in [0.25, 0.3) is 5.91 Å². The molecule has 0 unspecified atom stereocenters. The third-order valence-corrected chi connectivity index (χ3v) is 6.89. The van der Waals surface area contributed by atoms with Crippen molar-refractivity contribution in [2.75, 3.05) is 38.1 Å². The molecule has 0 saturated heterocycles. The van der Waals surface area contributed by atoms with Crippen molar-refractivity contribution in [3.05, 3.63) is 59.8 Å². The minimum absolute atomic E-state index is 0.0136. The Morgan fingerprint density at radius 1 is 1.03 bits per heavy atom. The van der Waals surface area contributed by atoms with E-state index < -0.39 is 11.9 Å². The van der Waals surface area contributed by atoms with Crippen molar-refractivity contribution in [2.24, 2.45) is 0 Å². The van der Waals surface area contributed by atoms with Gasteiger partial charge in [-0.1, -0.05) is 18.2 Å². The van der Waals surface area contributed by atoms with Crippen LogP contribution in [-0.4, -0.2) is 51.2 Å². The molecule has 1 heterocycles. The lowest BCUT2D eigenvalue weighted by Crippen LogP contribution is -2.43. The molecular weight excluding hydrogens is 469 g/mol. The topological polar surface area (TPSA) is 57.7 Å². The average Bonchev–Trinajstić information content (AvgIpc) is 2.87. The van der Waals surface area contributed by atoms with Gasteiger partial charge in [-0.25, -0.2) is 4.98 Å². The number of para-hydroxylation sites is 1. The van der Waals surface area contributed by atoms with Gasteiger partial charge in [0, 0.05) is 56.1 Å². The van der Waals surface area contributed by atoms with E-state index >= 15 is 0 Å². The van der Waals surface area contributed by atoms with Crippen molar-refractivity contribution in [2.45, 2.75) is 43.9 Å². The molecule has 192 valence electrons. The number of halogens is 3. The second-order valence-corrected chi connectivity index (χ2v) is 9.41. The lowest BCUT2D eigenvalue weighted by molar-refractivity contribution is -0.140. The number of alkyl halides is 3. The molecule has 1 aromatic heterocycles. The van der Waals surface area contributed by atoms with E-state index in [1.54, 1.807) is 37.4 Å². The highest BCUT2D eigenvalue weighted by molar-refractivity contribution is 5.97. The minimum Gasteiger partial charge on any atom is -0.496 e. The summed E-state index contributed by atoms with van der Waals surface area (Å²) < 4.78 is 45.9. The Bertz CT molecular complexity index is 1240. The van der Waals surface area contributed by atoms with E-state index in [0.29, 0.717) is 27.9 Å². The Hall–Kier alpha value is -3.49. The van der Waals surface area contributed by atoms with Crippen LogP contribution in [0.5, 0.6) is 5.75 Å². The van der Waals surface area contributed by atoms with Gasteiger partial charge in [0.15, 0.2) is 0 Å². The summed E-state index contributed by atoms with van der Waals surface area (Å²) in [6.07, 6.45) is -1.57. The van der Waals surface area contributed by atoms with Crippen LogP contribution in [0.15, 0.2) is 48.5 Å². The number of fused-ring (bicyclic) bond motifs is 1. The number of benzene rings is 2. The highest BCUT2D eigenvalue weighted by Crippen LogP contribution is 2.36. The normalized spacial score (nSPS) is 18.1. The molecule has 1 amide bonds. The number of amides is 1. The van der Waals surface area contributed by atoms with Crippen molar-refractivity contribution in [1.82, 2.24) is 10.3 Å². The summed E-state index contributed by atoms with van der Waals surface area (Å²) in [5.41, 5.74) is 1.36. The van der Waals surface area contributed by atoms with Gasteiger partial charge in [-0.05, 0) is 49.9 Å². The Labute approximate surface area is 209 Å². The lowest BCUT2D eigenvalue weighted by Gasteiger charge is -2.37. The van der Waals surface area contributed by atoms with Crippen LogP contribution in [-0.2, 0) is 6.18 Å². The summed E-state index contributed by atoms with van der Waals surface area (Å²) in [7, 11) is 7.22. The van der Waals surface area contributed by atoms with Gasteiger partial charge in [-0.15, -0.1) is 0 Å². The molecular formula is C27H31F3N4O2. The van der Waals surface area contributed by atoms with Gasteiger partial charge in [0.1, 0.15) is 11.4 Å². The van der Waals surface area contributed by atoms with Gasteiger partial charge >= 0.3 is 6.18 Å². The summed E-state index contributed by atoms with van der Waals surface area (Å²) in [6, 6.07) is 13.5. The number of hydrogen-bond acceptors (Lipinski definition) is 5. The van der Waals surface area contributed by atoms with Crippen LogP contribution in [0.1, 0.15) is 41.7 Å². The third-order valence-electron chi connectivity index (χ3n) is 6.89. The number of nitrogens with zero attached hydrogens (tertiary/aromatic N) is 3. The van der Waals surface area contributed by atoms with Gasteiger partial charge in [-0.3, -0.25) is 4.79 Å². The highest BCUT2D eigenvalue weighted by Gasteiger charge is 2.34. The van der Waals surface area contributed by atoms with E-state index in [9.17, 15) is 18.0 Å². The van der Waals surface area contributed by atoms with Crippen molar-refractivity contribution < 1.29 is 22.7 Å². The first-order valence-electron chi connectivity index (χ1n) is 11.9. The summed E-state index contributed by atoms with van der Waals surface area (Å²) in [5.74, 6) is 0.320. The fraction of sp³-hybridized carbons (Fsp3) is 0.407. The summed E-state index contributed by atoms with van der Waals surface area (Å²) in [4.78, 5) is 20.7. The Kier molecular flexibility index (Phi) is 7.28. The van der Waals surface area contributed by atoms with Gasteiger partial charge in [0.2, 0.25) is 0 Å². The predicted octanol–water partition coefficient (Wildman–Crippen LogP) is 5.51. The number of hydrogen-bond donors (Lipinski definition) is 1. The molecule has 0 spiro atoms. The van der Waals surface area contributed by atoms with E-state index in [1.165, 1.54) is 0 Å². The van der Waals surface area contributed by atoms with Gasteiger partial charge in [-0.2, -0.15) is 13.2 Å². The predicted molar refractivity (Wildman–Crippen MR) is 136 cm³/mol. The van der Waals surface area contributed by atoms with Crippen LogP contribution < -0.4 is 19.9 Å². The van der Waals surface area contributed by atoms with E-state index in [2.05, 4.69) is 10.3 Å². The van der Waals surface area contributed by atoms with Crippen molar-refractivity contribution >= 4 is 28.2 Å². The van der Waals surface area contributed by atoms with Gasteiger partial charge in [0.05, 0.1) is 18.2 Å². The molecule has 0 aliphatic heterocycles. The summed E-state index contributed by atoms with van der Waals surface area (Å²) in [5, 5.41) is 3.80. The minimum atomic E-state index is -4.52. The zero-order valence-corrected chi connectivity index (χ0v) is 20.9. The highest BCUT2D eigenvalue weighted by atomic mass is 19.4. The number of carbonyl (C=O) groups is 1. The number of ether oxygens (including phenoxy) is 1. The molecule has 1 aliphatic carbocycles. The molecule has 1 aliphatic rings. The van der Waals surface area contributed by atoms with Crippen LogP contribution in [0.3, 0.4) is 0 Å². The van der Waals surface area contributed by atoms with Crippen LogP contribution in [0, 0.1) is 0 Å². The largest absolute Gasteiger partial charge is 0.496 e. The quantitative estimate of drug-likeness (QED) is 0.484.